The van der Waals surface area contributed by atoms with Crippen molar-refractivity contribution in [1.82, 2.24) is 0 Å². The molecule has 0 unspecified atom stereocenters. The Morgan fingerprint density at radius 1 is 1.29 bits per heavy atom. The Morgan fingerprint density at radius 2 is 1.86 bits per heavy atom. The third-order valence-electron chi connectivity index (χ3n) is 4.02. The Kier molecular flexibility index (Phi) is 3.13. The molecule has 82 valence electrons. The minimum Gasteiger partial charge on any atom is -0.0730 e. The van der Waals surface area contributed by atoms with Crippen molar-refractivity contribution in [2.45, 2.75) is 67.2 Å². The van der Waals surface area contributed by atoms with Gasteiger partial charge in [-0.15, -0.1) is 0 Å². The maximum Gasteiger partial charge on any atom is -0.0137 e. The van der Waals surface area contributed by atoms with Crippen LogP contribution in [-0.2, 0) is 0 Å². The van der Waals surface area contributed by atoms with Crippen molar-refractivity contribution in [3.8, 4) is 0 Å². The van der Waals surface area contributed by atoms with E-state index in [2.05, 4.69) is 41.5 Å². The number of rotatable bonds is 2. The first-order valence-corrected chi connectivity index (χ1v) is 6.02. The summed E-state index contributed by atoms with van der Waals surface area (Å²) < 4.78 is 0. The fourth-order valence-corrected chi connectivity index (χ4v) is 3.29. The molecule has 0 nitrogen and oxygen atoms in total. The molecular weight excluding hydrogens is 168 g/mol. The minimum atomic E-state index is 0.397. The second-order valence-corrected chi connectivity index (χ2v) is 6.13. The molecule has 0 N–H and O–H groups in total. The Labute approximate surface area is 89.8 Å². The highest BCUT2D eigenvalue weighted by Crippen LogP contribution is 2.49. The standard InChI is InChI=1S/C14H26/c1-7-13(3,4)12-11(2)9-8-10-14(12,5)6/h7-10H2,1-6H3. The van der Waals surface area contributed by atoms with Crippen LogP contribution in [0.3, 0.4) is 0 Å². The van der Waals surface area contributed by atoms with Gasteiger partial charge in [0.25, 0.3) is 0 Å². The smallest absolute Gasteiger partial charge is 0.0137 e. The molecule has 0 saturated heterocycles. The van der Waals surface area contributed by atoms with E-state index in [-0.39, 0.29) is 0 Å². The van der Waals surface area contributed by atoms with E-state index >= 15 is 0 Å². The van der Waals surface area contributed by atoms with Gasteiger partial charge in [-0.05, 0) is 43.4 Å². The number of hydrogen-bond acceptors (Lipinski definition) is 0. The molecule has 0 radical (unpaired) electrons. The number of hydrogen-bond donors (Lipinski definition) is 0. The van der Waals surface area contributed by atoms with Gasteiger partial charge in [-0.1, -0.05) is 45.8 Å². The molecule has 0 heteroatoms. The van der Waals surface area contributed by atoms with Gasteiger partial charge in [-0.2, -0.15) is 0 Å². The second-order valence-electron chi connectivity index (χ2n) is 6.13. The van der Waals surface area contributed by atoms with Crippen LogP contribution in [0.1, 0.15) is 67.2 Å². The first-order chi connectivity index (χ1) is 6.31. The van der Waals surface area contributed by atoms with Crippen LogP contribution in [0.4, 0.5) is 0 Å². The van der Waals surface area contributed by atoms with Gasteiger partial charge in [0.1, 0.15) is 0 Å². The van der Waals surface area contributed by atoms with Gasteiger partial charge in [0.2, 0.25) is 0 Å². The summed E-state index contributed by atoms with van der Waals surface area (Å²) >= 11 is 0. The molecule has 0 aromatic rings. The fraction of sp³-hybridized carbons (Fsp3) is 0.857. The topological polar surface area (TPSA) is 0 Å². The zero-order chi connectivity index (χ0) is 11.0. The highest BCUT2D eigenvalue weighted by molar-refractivity contribution is 5.28. The van der Waals surface area contributed by atoms with Crippen molar-refractivity contribution >= 4 is 0 Å². The average Bonchev–Trinajstić information content (AvgIpc) is 2.01. The first-order valence-electron chi connectivity index (χ1n) is 6.02. The molecule has 0 aliphatic heterocycles. The molecule has 0 spiro atoms. The summed E-state index contributed by atoms with van der Waals surface area (Å²) in [6.07, 6.45) is 5.32. The summed E-state index contributed by atoms with van der Waals surface area (Å²) in [6.45, 7) is 14.3. The highest BCUT2D eigenvalue weighted by Gasteiger charge is 2.36. The molecular formula is C14H26. The third-order valence-corrected chi connectivity index (χ3v) is 4.02. The van der Waals surface area contributed by atoms with Crippen LogP contribution >= 0.6 is 0 Å². The minimum absolute atomic E-state index is 0.397. The van der Waals surface area contributed by atoms with Crippen LogP contribution in [0.5, 0.6) is 0 Å². The van der Waals surface area contributed by atoms with Gasteiger partial charge >= 0.3 is 0 Å². The lowest BCUT2D eigenvalue weighted by Crippen LogP contribution is -2.30. The molecule has 0 saturated carbocycles. The molecule has 0 atom stereocenters. The molecule has 1 aliphatic carbocycles. The predicted molar refractivity (Wildman–Crippen MR) is 64.4 cm³/mol. The van der Waals surface area contributed by atoms with Crippen molar-refractivity contribution in [2.24, 2.45) is 10.8 Å². The monoisotopic (exact) mass is 194 g/mol. The van der Waals surface area contributed by atoms with Gasteiger partial charge in [0.15, 0.2) is 0 Å². The van der Waals surface area contributed by atoms with E-state index in [1.807, 2.05) is 0 Å². The summed E-state index contributed by atoms with van der Waals surface area (Å²) in [6, 6.07) is 0. The van der Waals surface area contributed by atoms with Crippen LogP contribution in [0, 0.1) is 10.8 Å². The van der Waals surface area contributed by atoms with E-state index in [0.717, 1.165) is 0 Å². The molecule has 0 aromatic carbocycles. The molecule has 1 rings (SSSR count). The Bertz CT molecular complexity index is 241. The second kappa shape index (κ2) is 3.72. The Balaban J connectivity index is 3.14. The van der Waals surface area contributed by atoms with Crippen LogP contribution in [-0.4, -0.2) is 0 Å². The average molecular weight is 194 g/mol. The SMILES string of the molecule is CCC(C)(C)C1=C(C)CCCC1(C)C. The van der Waals surface area contributed by atoms with E-state index in [1.54, 1.807) is 11.1 Å². The highest BCUT2D eigenvalue weighted by atomic mass is 14.4. The van der Waals surface area contributed by atoms with Gasteiger partial charge in [0.05, 0.1) is 0 Å². The normalized spacial score (nSPS) is 22.7. The molecule has 0 aromatic heterocycles. The van der Waals surface area contributed by atoms with Crippen LogP contribution in [0.2, 0.25) is 0 Å². The first kappa shape index (κ1) is 11.8. The summed E-state index contributed by atoms with van der Waals surface area (Å²) in [5.41, 5.74) is 4.22. The zero-order valence-corrected chi connectivity index (χ0v) is 10.8. The van der Waals surface area contributed by atoms with Crippen molar-refractivity contribution in [3.63, 3.8) is 0 Å². The lowest BCUT2D eigenvalue weighted by Gasteiger charge is -2.43. The largest absolute Gasteiger partial charge is 0.0730 e. The number of allylic oxidation sites excluding steroid dienone is 2. The summed E-state index contributed by atoms with van der Waals surface area (Å²) in [5.74, 6) is 0. The zero-order valence-electron chi connectivity index (χ0n) is 10.8. The van der Waals surface area contributed by atoms with Gasteiger partial charge in [0, 0.05) is 0 Å². The van der Waals surface area contributed by atoms with E-state index in [0.29, 0.717) is 10.8 Å². The van der Waals surface area contributed by atoms with Gasteiger partial charge in [-0.25, -0.2) is 0 Å². The van der Waals surface area contributed by atoms with Gasteiger partial charge in [-0.3, -0.25) is 0 Å². The quantitative estimate of drug-likeness (QED) is 0.546. The Hall–Kier alpha value is -0.260. The van der Waals surface area contributed by atoms with Crippen molar-refractivity contribution in [3.05, 3.63) is 11.1 Å². The van der Waals surface area contributed by atoms with Crippen LogP contribution < -0.4 is 0 Å². The maximum atomic E-state index is 2.42. The summed E-state index contributed by atoms with van der Waals surface area (Å²) in [5, 5.41) is 0. The van der Waals surface area contributed by atoms with Crippen molar-refractivity contribution in [2.75, 3.05) is 0 Å². The van der Waals surface area contributed by atoms with E-state index < -0.39 is 0 Å². The lowest BCUT2D eigenvalue weighted by molar-refractivity contribution is 0.265. The van der Waals surface area contributed by atoms with Crippen LogP contribution in [0.15, 0.2) is 11.1 Å². The Morgan fingerprint density at radius 3 is 2.29 bits per heavy atom. The predicted octanol–water partition coefficient (Wildman–Crippen LogP) is 4.95. The van der Waals surface area contributed by atoms with Crippen molar-refractivity contribution < 1.29 is 0 Å². The summed E-state index contributed by atoms with van der Waals surface area (Å²) in [7, 11) is 0. The molecule has 0 heterocycles. The van der Waals surface area contributed by atoms with Gasteiger partial charge < -0.3 is 0 Å². The van der Waals surface area contributed by atoms with Crippen LogP contribution in [0.25, 0.3) is 0 Å². The third kappa shape index (κ3) is 2.04. The molecule has 0 fully saturated rings. The molecule has 1 aliphatic rings. The fourth-order valence-electron chi connectivity index (χ4n) is 3.29. The van der Waals surface area contributed by atoms with Crippen molar-refractivity contribution in [1.29, 1.82) is 0 Å². The molecule has 0 amide bonds. The van der Waals surface area contributed by atoms with E-state index in [9.17, 15) is 0 Å². The molecule has 0 bridgehead atoms. The summed E-state index contributed by atoms with van der Waals surface area (Å²) in [4.78, 5) is 0. The molecule has 14 heavy (non-hydrogen) atoms. The lowest BCUT2D eigenvalue weighted by atomic mass is 9.62. The van der Waals surface area contributed by atoms with E-state index in [1.165, 1.54) is 25.7 Å². The maximum absolute atomic E-state index is 2.42. The van der Waals surface area contributed by atoms with E-state index in [4.69, 9.17) is 0 Å².